The standard InChI is InChI=1S/C45H34N2/c1-3-17-40(18-4-1)46(44-30-25-35-12-7-9-14-38(35)32-44)42-21-11-16-34(22-27-42)37-23-28-43(29-24-37)47(41-19-5-2-6-20-41)45-31-26-36-13-8-10-15-39(36)33-45/h1-15,17-33H,16H2. The van der Waals surface area contributed by atoms with Gasteiger partial charge in [0.05, 0.1) is 0 Å². The Labute approximate surface area is 276 Å². The molecule has 0 saturated carbocycles. The summed E-state index contributed by atoms with van der Waals surface area (Å²) in [6, 6.07) is 60.7. The van der Waals surface area contributed by atoms with Crippen molar-refractivity contribution in [1.82, 2.24) is 0 Å². The van der Waals surface area contributed by atoms with Gasteiger partial charge >= 0.3 is 0 Å². The molecule has 0 aromatic heterocycles. The van der Waals surface area contributed by atoms with Gasteiger partial charge < -0.3 is 9.80 Å². The topological polar surface area (TPSA) is 6.48 Å². The summed E-state index contributed by atoms with van der Waals surface area (Å²) in [5.74, 6) is 0. The minimum atomic E-state index is 0.854. The molecule has 1 aliphatic carbocycles. The van der Waals surface area contributed by atoms with E-state index in [-0.39, 0.29) is 0 Å². The van der Waals surface area contributed by atoms with E-state index in [0.29, 0.717) is 0 Å². The summed E-state index contributed by atoms with van der Waals surface area (Å²) in [5.41, 5.74) is 9.31. The van der Waals surface area contributed by atoms with Crippen LogP contribution in [0.5, 0.6) is 0 Å². The van der Waals surface area contributed by atoms with E-state index < -0.39 is 0 Å². The Kier molecular flexibility index (Phi) is 7.67. The average molecular weight is 603 g/mol. The van der Waals surface area contributed by atoms with E-state index in [0.717, 1.165) is 40.6 Å². The lowest BCUT2D eigenvalue weighted by Gasteiger charge is -2.26. The molecule has 7 aromatic rings. The van der Waals surface area contributed by atoms with Crippen molar-refractivity contribution in [3.05, 3.63) is 205 Å². The molecule has 0 unspecified atom stereocenters. The largest absolute Gasteiger partial charge is 0.310 e. The molecule has 0 atom stereocenters. The molecule has 2 heteroatoms. The lowest BCUT2D eigenvalue weighted by atomic mass is 10.0. The van der Waals surface area contributed by atoms with Crippen molar-refractivity contribution in [2.45, 2.75) is 6.42 Å². The highest BCUT2D eigenvalue weighted by molar-refractivity contribution is 5.90. The van der Waals surface area contributed by atoms with Gasteiger partial charge in [0, 0.05) is 34.1 Å². The number of fused-ring (bicyclic) bond motifs is 2. The maximum atomic E-state index is 2.34. The van der Waals surface area contributed by atoms with E-state index in [1.807, 2.05) is 0 Å². The second-order valence-corrected chi connectivity index (χ2v) is 11.8. The van der Waals surface area contributed by atoms with Crippen LogP contribution in [0.1, 0.15) is 12.0 Å². The van der Waals surface area contributed by atoms with Crippen molar-refractivity contribution in [3.63, 3.8) is 0 Å². The fourth-order valence-electron chi connectivity index (χ4n) is 6.48. The van der Waals surface area contributed by atoms with Crippen LogP contribution in [0.25, 0.3) is 27.1 Å². The Balaban J connectivity index is 1.14. The Morgan fingerprint density at radius 3 is 1.43 bits per heavy atom. The number of allylic oxidation sites excluding steroid dienone is 5. The number of benzene rings is 7. The maximum Gasteiger partial charge on any atom is 0.0468 e. The highest BCUT2D eigenvalue weighted by Gasteiger charge is 2.16. The average Bonchev–Trinajstić information content (AvgIpc) is 3.39. The molecular formula is C45H34N2. The molecule has 2 nitrogen and oxygen atoms in total. The quantitative estimate of drug-likeness (QED) is 0.179. The van der Waals surface area contributed by atoms with Crippen molar-refractivity contribution in [2.24, 2.45) is 0 Å². The molecule has 7 aromatic carbocycles. The normalized spacial score (nSPS) is 12.8. The van der Waals surface area contributed by atoms with Crippen LogP contribution in [0.15, 0.2) is 200 Å². The first kappa shape index (κ1) is 28.4. The van der Waals surface area contributed by atoms with Gasteiger partial charge in [-0.05, 0) is 112 Å². The van der Waals surface area contributed by atoms with Crippen molar-refractivity contribution in [3.8, 4) is 0 Å². The molecule has 0 amide bonds. The zero-order valence-corrected chi connectivity index (χ0v) is 26.1. The van der Waals surface area contributed by atoms with Gasteiger partial charge in [-0.15, -0.1) is 0 Å². The Morgan fingerprint density at radius 2 is 0.830 bits per heavy atom. The van der Waals surface area contributed by atoms with E-state index in [1.54, 1.807) is 0 Å². The second-order valence-electron chi connectivity index (χ2n) is 11.8. The molecule has 0 radical (unpaired) electrons. The molecule has 0 spiro atoms. The predicted molar refractivity (Wildman–Crippen MR) is 201 cm³/mol. The first-order chi connectivity index (χ1) is 23.3. The number of para-hydroxylation sites is 2. The number of anilines is 5. The molecule has 1 aliphatic rings. The number of hydrogen-bond donors (Lipinski definition) is 0. The fourth-order valence-corrected chi connectivity index (χ4v) is 6.48. The third-order valence-electron chi connectivity index (χ3n) is 8.85. The minimum Gasteiger partial charge on any atom is -0.310 e. The van der Waals surface area contributed by atoms with Crippen LogP contribution < -0.4 is 9.80 Å². The number of rotatable bonds is 7. The van der Waals surface area contributed by atoms with Crippen LogP contribution in [0.3, 0.4) is 0 Å². The Bertz CT molecular complexity index is 2260. The van der Waals surface area contributed by atoms with Gasteiger partial charge in [0.25, 0.3) is 0 Å². The van der Waals surface area contributed by atoms with Crippen LogP contribution >= 0.6 is 0 Å². The zero-order chi connectivity index (χ0) is 31.4. The third kappa shape index (κ3) is 5.85. The number of hydrogen-bond acceptors (Lipinski definition) is 2. The third-order valence-corrected chi connectivity index (χ3v) is 8.85. The molecule has 0 N–H and O–H groups in total. The number of nitrogens with zero attached hydrogens (tertiary/aromatic N) is 2. The monoisotopic (exact) mass is 602 g/mol. The lowest BCUT2D eigenvalue weighted by molar-refractivity contribution is 1.21. The van der Waals surface area contributed by atoms with Crippen molar-refractivity contribution < 1.29 is 0 Å². The Hall–Kier alpha value is -6.12. The molecule has 0 fully saturated rings. The van der Waals surface area contributed by atoms with Gasteiger partial charge in [0.2, 0.25) is 0 Å². The van der Waals surface area contributed by atoms with Crippen LogP contribution in [-0.4, -0.2) is 0 Å². The van der Waals surface area contributed by atoms with Gasteiger partial charge in [-0.1, -0.05) is 121 Å². The highest BCUT2D eigenvalue weighted by Crippen LogP contribution is 2.38. The van der Waals surface area contributed by atoms with E-state index in [9.17, 15) is 0 Å². The summed E-state index contributed by atoms with van der Waals surface area (Å²) < 4.78 is 0. The van der Waals surface area contributed by atoms with Crippen LogP contribution in [0.4, 0.5) is 28.4 Å². The maximum absolute atomic E-state index is 2.34. The molecule has 0 aliphatic heterocycles. The summed E-state index contributed by atoms with van der Waals surface area (Å²) >= 11 is 0. The molecule has 8 rings (SSSR count). The molecule has 224 valence electrons. The van der Waals surface area contributed by atoms with Gasteiger partial charge in [-0.25, -0.2) is 0 Å². The van der Waals surface area contributed by atoms with E-state index in [1.165, 1.54) is 32.7 Å². The van der Waals surface area contributed by atoms with Gasteiger partial charge in [0.15, 0.2) is 0 Å². The second kappa shape index (κ2) is 12.7. The highest BCUT2D eigenvalue weighted by atomic mass is 15.1. The first-order valence-electron chi connectivity index (χ1n) is 16.2. The van der Waals surface area contributed by atoms with Crippen molar-refractivity contribution >= 4 is 55.6 Å². The van der Waals surface area contributed by atoms with Crippen LogP contribution in [-0.2, 0) is 0 Å². The van der Waals surface area contributed by atoms with Gasteiger partial charge in [0.1, 0.15) is 0 Å². The first-order valence-corrected chi connectivity index (χ1v) is 16.2. The fraction of sp³-hybridized carbons (Fsp3) is 0.0222. The lowest BCUT2D eigenvalue weighted by Crippen LogP contribution is -2.14. The molecule has 0 bridgehead atoms. The van der Waals surface area contributed by atoms with E-state index in [2.05, 4.69) is 204 Å². The van der Waals surface area contributed by atoms with Crippen LogP contribution in [0.2, 0.25) is 0 Å². The smallest absolute Gasteiger partial charge is 0.0468 e. The summed E-state index contributed by atoms with van der Waals surface area (Å²) in [4.78, 5) is 4.67. The summed E-state index contributed by atoms with van der Waals surface area (Å²) in [7, 11) is 0. The van der Waals surface area contributed by atoms with Crippen molar-refractivity contribution in [1.29, 1.82) is 0 Å². The molecule has 0 heterocycles. The zero-order valence-electron chi connectivity index (χ0n) is 26.1. The minimum absolute atomic E-state index is 0.854. The van der Waals surface area contributed by atoms with Gasteiger partial charge in [-0.2, -0.15) is 0 Å². The van der Waals surface area contributed by atoms with E-state index in [4.69, 9.17) is 0 Å². The summed E-state index contributed by atoms with van der Waals surface area (Å²) in [5, 5.41) is 4.95. The Morgan fingerprint density at radius 1 is 0.362 bits per heavy atom. The molecule has 47 heavy (non-hydrogen) atoms. The summed E-state index contributed by atoms with van der Waals surface area (Å²) in [6.07, 6.45) is 9.91. The van der Waals surface area contributed by atoms with E-state index >= 15 is 0 Å². The SMILES string of the molecule is C1=CC(N(c2ccccc2)c2ccc3ccccc3c2)=CC=C(c2ccc(N(c3ccccc3)c3ccc4ccccc4c3)cc2)C1. The molecule has 0 saturated heterocycles. The predicted octanol–water partition coefficient (Wildman–Crippen LogP) is 12.5. The van der Waals surface area contributed by atoms with Crippen LogP contribution in [0, 0.1) is 0 Å². The summed E-state index contributed by atoms with van der Waals surface area (Å²) in [6.45, 7) is 0. The molecular weight excluding hydrogens is 569 g/mol. The van der Waals surface area contributed by atoms with Gasteiger partial charge in [-0.3, -0.25) is 0 Å². The van der Waals surface area contributed by atoms with Crippen molar-refractivity contribution in [2.75, 3.05) is 9.80 Å².